The van der Waals surface area contributed by atoms with Gasteiger partial charge in [0.25, 0.3) is 15.9 Å². The van der Waals surface area contributed by atoms with Gasteiger partial charge in [-0.25, -0.2) is 8.42 Å². The van der Waals surface area contributed by atoms with Gasteiger partial charge in [-0.1, -0.05) is 24.3 Å². The summed E-state index contributed by atoms with van der Waals surface area (Å²) in [5.74, 6) is 0.305. The molecule has 0 atom stereocenters. The van der Waals surface area contributed by atoms with Crippen molar-refractivity contribution < 1.29 is 17.9 Å². The number of carbonyl (C=O) groups excluding carboxylic acids is 1. The number of benzene rings is 2. The molecule has 0 saturated carbocycles. The fourth-order valence-electron chi connectivity index (χ4n) is 3.30. The molecule has 6 nitrogen and oxygen atoms in total. The second kappa shape index (κ2) is 8.48. The van der Waals surface area contributed by atoms with Crippen LogP contribution in [-0.4, -0.2) is 46.0 Å². The van der Waals surface area contributed by atoms with Gasteiger partial charge in [0.1, 0.15) is 5.75 Å². The van der Waals surface area contributed by atoms with Crippen LogP contribution < -0.4 is 9.04 Å². The SMILES string of the molecule is C=CCN(c1ccccc1OC)S(=O)(=O)c1cccc(C(=O)N2CCCC2)c1. The Morgan fingerprint density at radius 1 is 1.18 bits per heavy atom. The summed E-state index contributed by atoms with van der Waals surface area (Å²) in [4.78, 5) is 14.5. The number of rotatable bonds is 7. The minimum atomic E-state index is -3.92. The number of nitrogens with zero attached hydrogens (tertiary/aromatic N) is 2. The number of hydrogen-bond donors (Lipinski definition) is 0. The second-order valence-corrected chi connectivity index (χ2v) is 8.39. The molecule has 7 heteroatoms. The van der Waals surface area contributed by atoms with Gasteiger partial charge in [-0.05, 0) is 43.2 Å². The van der Waals surface area contributed by atoms with Crippen LogP contribution in [0.25, 0.3) is 0 Å². The van der Waals surface area contributed by atoms with Crippen LogP contribution in [0.15, 0.2) is 66.1 Å². The first-order valence-electron chi connectivity index (χ1n) is 9.15. The van der Waals surface area contributed by atoms with E-state index in [0.29, 0.717) is 30.1 Å². The molecule has 1 aliphatic rings. The number of amides is 1. The Labute approximate surface area is 166 Å². The maximum Gasteiger partial charge on any atom is 0.264 e. The van der Waals surface area contributed by atoms with E-state index in [0.717, 1.165) is 12.8 Å². The van der Waals surface area contributed by atoms with Crippen LogP contribution in [0.4, 0.5) is 5.69 Å². The maximum atomic E-state index is 13.4. The van der Waals surface area contributed by atoms with Gasteiger partial charge in [-0.15, -0.1) is 6.58 Å². The van der Waals surface area contributed by atoms with Crippen LogP contribution in [0.2, 0.25) is 0 Å². The minimum absolute atomic E-state index is 0.0605. The second-order valence-electron chi connectivity index (χ2n) is 6.52. The average molecular weight is 401 g/mol. The van der Waals surface area contributed by atoms with Crippen molar-refractivity contribution >= 4 is 21.6 Å². The molecule has 1 fully saturated rings. The molecular weight excluding hydrogens is 376 g/mol. The Bertz CT molecular complexity index is 966. The third-order valence-electron chi connectivity index (χ3n) is 4.71. The fraction of sp³-hybridized carbons (Fsp3) is 0.286. The van der Waals surface area contributed by atoms with E-state index < -0.39 is 10.0 Å². The van der Waals surface area contributed by atoms with Gasteiger partial charge in [0.2, 0.25) is 0 Å². The largest absolute Gasteiger partial charge is 0.495 e. The van der Waals surface area contributed by atoms with E-state index in [9.17, 15) is 13.2 Å². The number of ether oxygens (including phenoxy) is 1. The minimum Gasteiger partial charge on any atom is -0.495 e. The van der Waals surface area contributed by atoms with Crippen molar-refractivity contribution in [2.24, 2.45) is 0 Å². The summed E-state index contributed by atoms with van der Waals surface area (Å²) in [6.07, 6.45) is 3.47. The van der Waals surface area contributed by atoms with Gasteiger partial charge in [-0.3, -0.25) is 9.10 Å². The molecule has 1 aliphatic heterocycles. The summed E-state index contributed by atoms with van der Waals surface area (Å²) in [5.41, 5.74) is 0.794. The lowest BCUT2D eigenvalue weighted by Crippen LogP contribution is -2.32. The smallest absolute Gasteiger partial charge is 0.264 e. The van der Waals surface area contributed by atoms with Gasteiger partial charge in [0.15, 0.2) is 0 Å². The molecule has 2 aromatic carbocycles. The number of methoxy groups -OCH3 is 1. The maximum absolute atomic E-state index is 13.4. The Kier molecular flexibility index (Phi) is 6.04. The zero-order valence-electron chi connectivity index (χ0n) is 15.9. The summed E-state index contributed by atoms with van der Waals surface area (Å²) in [7, 11) is -2.42. The van der Waals surface area contributed by atoms with Gasteiger partial charge in [0, 0.05) is 18.7 Å². The van der Waals surface area contributed by atoms with Crippen LogP contribution in [0.5, 0.6) is 5.75 Å². The third-order valence-corrected chi connectivity index (χ3v) is 6.49. The van der Waals surface area contributed by atoms with E-state index in [1.165, 1.54) is 29.6 Å². The molecule has 1 amide bonds. The van der Waals surface area contributed by atoms with Crippen molar-refractivity contribution in [2.45, 2.75) is 17.7 Å². The number of para-hydroxylation sites is 2. The van der Waals surface area contributed by atoms with E-state index in [1.807, 2.05) is 0 Å². The summed E-state index contributed by atoms with van der Waals surface area (Å²) >= 11 is 0. The molecule has 0 N–H and O–H groups in total. The Morgan fingerprint density at radius 2 is 1.89 bits per heavy atom. The normalized spacial score (nSPS) is 14.0. The lowest BCUT2D eigenvalue weighted by molar-refractivity contribution is 0.0792. The monoisotopic (exact) mass is 400 g/mol. The first-order valence-corrected chi connectivity index (χ1v) is 10.6. The zero-order chi connectivity index (χ0) is 20.1. The van der Waals surface area contributed by atoms with Gasteiger partial charge in [0.05, 0.1) is 24.2 Å². The number of likely N-dealkylation sites (tertiary alicyclic amines) is 1. The molecule has 0 aliphatic carbocycles. The standard InChI is InChI=1S/C21H24N2O4S/c1-3-13-23(19-11-4-5-12-20(19)27-2)28(25,26)18-10-8-9-17(16-18)21(24)22-14-6-7-15-22/h3-5,8-12,16H,1,6-7,13-15H2,2H3. The van der Waals surface area contributed by atoms with Crippen molar-refractivity contribution in [1.82, 2.24) is 4.90 Å². The Hall–Kier alpha value is -2.80. The fourth-order valence-corrected chi connectivity index (χ4v) is 4.79. The summed E-state index contributed by atoms with van der Waals surface area (Å²) < 4.78 is 33.3. The van der Waals surface area contributed by atoms with E-state index in [1.54, 1.807) is 41.3 Å². The van der Waals surface area contributed by atoms with Crippen molar-refractivity contribution in [3.8, 4) is 5.75 Å². The zero-order valence-corrected chi connectivity index (χ0v) is 16.7. The van der Waals surface area contributed by atoms with Crippen molar-refractivity contribution in [3.05, 3.63) is 66.7 Å². The van der Waals surface area contributed by atoms with Crippen LogP contribution in [0.1, 0.15) is 23.2 Å². The molecule has 3 rings (SSSR count). The molecule has 1 saturated heterocycles. The van der Waals surface area contributed by atoms with Crippen molar-refractivity contribution in [3.63, 3.8) is 0 Å². The molecule has 148 valence electrons. The number of anilines is 1. The average Bonchev–Trinajstić information content (AvgIpc) is 3.26. The van der Waals surface area contributed by atoms with Gasteiger partial charge >= 0.3 is 0 Å². The van der Waals surface area contributed by atoms with Gasteiger partial charge in [-0.2, -0.15) is 0 Å². The number of sulfonamides is 1. The number of carbonyl (C=O) groups is 1. The highest BCUT2D eigenvalue weighted by atomic mass is 32.2. The summed E-state index contributed by atoms with van der Waals surface area (Å²) in [5, 5.41) is 0. The van der Waals surface area contributed by atoms with E-state index in [4.69, 9.17) is 4.74 Å². The lowest BCUT2D eigenvalue weighted by Gasteiger charge is -2.25. The lowest BCUT2D eigenvalue weighted by atomic mass is 10.2. The van der Waals surface area contributed by atoms with E-state index in [2.05, 4.69) is 6.58 Å². The highest BCUT2D eigenvalue weighted by Gasteiger charge is 2.28. The molecular formula is C21H24N2O4S. The molecule has 0 bridgehead atoms. The van der Waals surface area contributed by atoms with Crippen LogP contribution in [-0.2, 0) is 10.0 Å². The first kappa shape index (κ1) is 19.9. The molecule has 0 spiro atoms. The molecule has 28 heavy (non-hydrogen) atoms. The highest BCUT2D eigenvalue weighted by Crippen LogP contribution is 2.32. The van der Waals surface area contributed by atoms with Crippen LogP contribution in [0, 0.1) is 0 Å². The highest BCUT2D eigenvalue weighted by molar-refractivity contribution is 7.92. The number of hydrogen-bond acceptors (Lipinski definition) is 4. The predicted molar refractivity (Wildman–Crippen MR) is 109 cm³/mol. The van der Waals surface area contributed by atoms with E-state index >= 15 is 0 Å². The van der Waals surface area contributed by atoms with Crippen molar-refractivity contribution in [2.75, 3.05) is 31.0 Å². The summed E-state index contributed by atoms with van der Waals surface area (Å²) in [6.45, 7) is 5.17. The quantitative estimate of drug-likeness (QED) is 0.669. The Balaban J connectivity index is 2.01. The molecule has 0 unspecified atom stereocenters. The van der Waals surface area contributed by atoms with Crippen molar-refractivity contribution in [1.29, 1.82) is 0 Å². The topological polar surface area (TPSA) is 66.9 Å². The van der Waals surface area contributed by atoms with E-state index in [-0.39, 0.29) is 17.3 Å². The van der Waals surface area contributed by atoms with Crippen LogP contribution >= 0.6 is 0 Å². The molecule has 1 heterocycles. The van der Waals surface area contributed by atoms with Crippen LogP contribution in [0.3, 0.4) is 0 Å². The predicted octanol–water partition coefficient (Wildman–Crippen LogP) is 3.31. The Morgan fingerprint density at radius 3 is 2.57 bits per heavy atom. The first-order chi connectivity index (χ1) is 13.5. The molecule has 2 aromatic rings. The summed E-state index contributed by atoms with van der Waals surface area (Å²) in [6, 6.07) is 13.1. The third kappa shape index (κ3) is 3.89. The molecule has 0 radical (unpaired) electrons. The molecule has 0 aromatic heterocycles. The van der Waals surface area contributed by atoms with Gasteiger partial charge < -0.3 is 9.64 Å².